The summed E-state index contributed by atoms with van der Waals surface area (Å²) in [5.41, 5.74) is 2.94. The number of amides is 1. The van der Waals surface area contributed by atoms with Gasteiger partial charge in [0.05, 0.1) is 23.7 Å². The van der Waals surface area contributed by atoms with Crippen molar-refractivity contribution in [2.75, 3.05) is 38.7 Å². The maximum absolute atomic E-state index is 12.7. The number of aryl methyl sites for hydroxylation is 2. The van der Waals surface area contributed by atoms with Gasteiger partial charge in [-0.15, -0.1) is 11.3 Å². The van der Waals surface area contributed by atoms with Gasteiger partial charge in [0, 0.05) is 36.9 Å². The monoisotopic (exact) mass is 345 g/mol. The maximum atomic E-state index is 12.7. The Morgan fingerprint density at radius 3 is 2.79 bits per heavy atom. The van der Waals surface area contributed by atoms with Crippen LogP contribution in [0.4, 0.5) is 5.69 Å². The van der Waals surface area contributed by atoms with Gasteiger partial charge in [-0.1, -0.05) is 0 Å². The number of anilines is 1. The summed E-state index contributed by atoms with van der Waals surface area (Å²) in [5.74, 6) is 0.0851. The number of carbonyl (C=O) groups excluding carboxylic acids is 1. The molecule has 1 saturated heterocycles. The van der Waals surface area contributed by atoms with E-state index in [0.29, 0.717) is 19.7 Å². The largest absolute Gasteiger partial charge is 0.378 e. The molecule has 1 fully saturated rings. The first-order valence-corrected chi connectivity index (χ1v) is 8.89. The van der Waals surface area contributed by atoms with E-state index in [-0.39, 0.29) is 12.0 Å². The molecule has 6 heteroatoms. The van der Waals surface area contributed by atoms with Crippen LogP contribution in [-0.2, 0) is 4.74 Å². The highest BCUT2D eigenvalue weighted by Gasteiger charge is 2.28. The highest BCUT2D eigenvalue weighted by Crippen LogP contribution is 2.26. The first kappa shape index (κ1) is 16.9. The molecule has 1 aliphatic heterocycles. The van der Waals surface area contributed by atoms with Crippen LogP contribution in [-0.4, -0.2) is 49.6 Å². The highest BCUT2D eigenvalue weighted by molar-refractivity contribution is 7.13. The van der Waals surface area contributed by atoms with Gasteiger partial charge in [-0.3, -0.25) is 9.78 Å². The summed E-state index contributed by atoms with van der Waals surface area (Å²) in [5, 5.41) is 0. The first-order valence-electron chi connectivity index (χ1n) is 8.07. The topological polar surface area (TPSA) is 45.7 Å². The van der Waals surface area contributed by atoms with Crippen molar-refractivity contribution >= 4 is 22.9 Å². The molecule has 1 atom stereocenters. The van der Waals surface area contributed by atoms with E-state index in [0.717, 1.165) is 26.8 Å². The molecule has 1 aliphatic rings. The molecule has 0 bridgehead atoms. The van der Waals surface area contributed by atoms with Crippen LogP contribution >= 0.6 is 11.3 Å². The number of nitrogens with zero attached hydrogens (tertiary/aromatic N) is 3. The van der Waals surface area contributed by atoms with Crippen LogP contribution in [0.2, 0.25) is 0 Å². The quantitative estimate of drug-likeness (QED) is 0.858. The maximum Gasteiger partial charge on any atom is 0.264 e. The van der Waals surface area contributed by atoms with Gasteiger partial charge >= 0.3 is 0 Å². The number of thiophene rings is 1. The predicted molar refractivity (Wildman–Crippen MR) is 97.0 cm³/mol. The van der Waals surface area contributed by atoms with Crippen LogP contribution in [0.25, 0.3) is 0 Å². The third kappa shape index (κ3) is 3.60. The summed E-state index contributed by atoms with van der Waals surface area (Å²) in [6, 6.07) is 7.98. The lowest BCUT2D eigenvalue weighted by Gasteiger charge is -2.33. The van der Waals surface area contributed by atoms with Gasteiger partial charge < -0.3 is 14.5 Å². The van der Waals surface area contributed by atoms with Gasteiger partial charge in [-0.25, -0.2) is 0 Å². The van der Waals surface area contributed by atoms with E-state index < -0.39 is 0 Å². The molecule has 2 aromatic heterocycles. The smallest absolute Gasteiger partial charge is 0.264 e. The molecule has 24 heavy (non-hydrogen) atoms. The van der Waals surface area contributed by atoms with E-state index >= 15 is 0 Å². The van der Waals surface area contributed by atoms with Crippen molar-refractivity contribution in [1.82, 2.24) is 9.88 Å². The van der Waals surface area contributed by atoms with Crippen LogP contribution in [0.1, 0.15) is 32.0 Å². The Morgan fingerprint density at radius 2 is 2.12 bits per heavy atom. The Kier molecular flexibility index (Phi) is 4.87. The molecule has 0 aliphatic carbocycles. The molecule has 3 rings (SSSR count). The Hall–Kier alpha value is -1.92. The SMILES string of the molecule is Cc1cc(N(C)C)cc(C2CN(C(=O)c3ccc(C)s3)CCO2)n1. The van der Waals surface area contributed by atoms with Gasteiger partial charge in [0.1, 0.15) is 6.10 Å². The molecule has 1 unspecified atom stereocenters. The normalized spacial score (nSPS) is 17.8. The fourth-order valence-electron chi connectivity index (χ4n) is 2.82. The van der Waals surface area contributed by atoms with Crippen LogP contribution in [0, 0.1) is 13.8 Å². The highest BCUT2D eigenvalue weighted by atomic mass is 32.1. The van der Waals surface area contributed by atoms with Crippen LogP contribution in [0.3, 0.4) is 0 Å². The molecular formula is C18H23N3O2S. The molecule has 0 N–H and O–H groups in total. The summed E-state index contributed by atoms with van der Waals surface area (Å²) >= 11 is 1.54. The predicted octanol–water partition coefficient (Wildman–Crippen LogP) is 3.04. The van der Waals surface area contributed by atoms with Gasteiger partial charge in [-0.2, -0.15) is 0 Å². The summed E-state index contributed by atoms with van der Waals surface area (Å²) < 4.78 is 5.90. The molecule has 5 nitrogen and oxygen atoms in total. The lowest BCUT2D eigenvalue weighted by molar-refractivity contribution is -0.0246. The average molecular weight is 345 g/mol. The van der Waals surface area contributed by atoms with Gasteiger partial charge in [0.15, 0.2) is 0 Å². The van der Waals surface area contributed by atoms with Gasteiger partial charge in [0.25, 0.3) is 5.91 Å². The second kappa shape index (κ2) is 6.91. The van der Waals surface area contributed by atoms with Crippen molar-refractivity contribution in [2.45, 2.75) is 20.0 Å². The van der Waals surface area contributed by atoms with Crippen LogP contribution in [0.15, 0.2) is 24.3 Å². The molecule has 128 valence electrons. The molecule has 2 aromatic rings. The van der Waals surface area contributed by atoms with E-state index in [9.17, 15) is 4.79 Å². The van der Waals surface area contributed by atoms with Crippen LogP contribution in [0.5, 0.6) is 0 Å². The van der Waals surface area contributed by atoms with Crippen molar-refractivity contribution in [1.29, 1.82) is 0 Å². The minimum Gasteiger partial charge on any atom is -0.378 e. The molecule has 0 spiro atoms. The Bertz CT molecular complexity index is 742. The van der Waals surface area contributed by atoms with E-state index in [2.05, 4.69) is 9.88 Å². The number of aromatic nitrogens is 1. The van der Waals surface area contributed by atoms with E-state index in [1.54, 1.807) is 11.3 Å². The lowest BCUT2D eigenvalue weighted by Crippen LogP contribution is -2.42. The molecule has 0 aromatic carbocycles. The van der Waals surface area contributed by atoms with Crippen molar-refractivity contribution in [3.8, 4) is 0 Å². The molecule has 3 heterocycles. The Morgan fingerprint density at radius 1 is 1.33 bits per heavy atom. The van der Waals surface area contributed by atoms with Crippen molar-refractivity contribution in [3.05, 3.63) is 45.4 Å². The third-order valence-corrected chi connectivity index (χ3v) is 5.10. The molecule has 1 amide bonds. The number of rotatable bonds is 3. The Balaban J connectivity index is 1.79. The number of hydrogen-bond donors (Lipinski definition) is 0. The molecule has 0 saturated carbocycles. The second-order valence-electron chi connectivity index (χ2n) is 6.31. The zero-order chi connectivity index (χ0) is 17.3. The van der Waals surface area contributed by atoms with Gasteiger partial charge in [-0.05, 0) is 38.1 Å². The number of pyridine rings is 1. The van der Waals surface area contributed by atoms with E-state index in [1.807, 2.05) is 57.1 Å². The van der Waals surface area contributed by atoms with Crippen LogP contribution < -0.4 is 4.90 Å². The lowest BCUT2D eigenvalue weighted by atomic mass is 10.1. The fourth-order valence-corrected chi connectivity index (χ4v) is 3.65. The zero-order valence-electron chi connectivity index (χ0n) is 14.6. The molecular weight excluding hydrogens is 322 g/mol. The minimum atomic E-state index is -0.178. The second-order valence-corrected chi connectivity index (χ2v) is 7.59. The fraction of sp³-hybridized carbons (Fsp3) is 0.444. The number of morpholine rings is 1. The summed E-state index contributed by atoms with van der Waals surface area (Å²) in [4.78, 5) is 23.2. The van der Waals surface area contributed by atoms with Crippen molar-refractivity contribution < 1.29 is 9.53 Å². The average Bonchev–Trinajstić information content (AvgIpc) is 3.00. The summed E-state index contributed by atoms with van der Waals surface area (Å²) in [6.07, 6.45) is -0.178. The number of ether oxygens (including phenoxy) is 1. The van der Waals surface area contributed by atoms with E-state index in [4.69, 9.17) is 4.74 Å². The van der Waals surface area contributed by atoms with Crippen molar-refractivity contribution in [2.24, 2.45) is 0 Å². The van der Waals surface area contributed by atoms with E-state index in [1.165, 1.54) is 0 Å². The third-order valence-electron chi connectivity index (χ3n) is 4.11. The number of carbonyl (C=O) groups is 1. The molecule has 0 radical (unpaired) electrons. The zero-order valence-corrected chi connectivity index (χ0v) is 15.4. The minimum absolute atomic E-state index is 0.0851. The van der Waals surface area contributed by atoms with Gasteiger partial charge in [0.2, 0.25) is 0 Å². The summed E-state index contributed by atoms with van der Waals surface area (Å²) in [7, 11) is 4.02. The Labute approximate surface area is 146 Å². The first-order chi connectivity index (χ1) is 11.4. The standard InChI is InChI=1S/C18H23N3O2S/c1-12-9-14(20(3)4)10-15(19-12)16-11-21(7-8-23-16)18(22)17-6-5-13(2)24-17/h5-6,9-10,16H,7-8,11H2,1-4H3. The van der Waals surface area contributed by atoms with Crippen molar-refractivity contribution in [3.63, 3.8) is 0 Å². The number of hydrogen-bond acceptors (Lipinski definition) is 5. The summed E-state index contributed by atoms with van der Waals surface area (Å²) in [6.45, 7) is 5.70.